The molecule has 3 rings (SSSR count). The summed E-state index contributed by atoms with van der Waals surface area (Å²) in [7, 11) is 0. The van der Waals surface area contributed by atoms with Gasteiger partial charge in [-0.2, -0.15) is 10.4 Å². The molecule has 0 aliphatic rings. The number of hydrogen-bond donors (Lipinski definition) is 1. The lowest BCUT2D eigenvalue weighted by Crippen LogP contribution is -2.23. The van der Waals surface area contributed by atoms with E-state index >= 15 is 0 Å². The summed E-state index contributed by atoms with van der Waals surface area (Å²) >= 11 is 5.91. The summed E-state index contributed by atoms with van der Waals surface area (Å²) in [5.74, 6) is -1.60. The number of aromatic nitrogens is 4. The van der Waals surface area contributed by atoms with Gasteiger partial charge in [0.05, 0.1) is 23.2 Å². The van der Waals surface area contributed by atoms with E-state index in [-0.39, 0.29) is 12.4 Å². The van der Waals surface area contributed by atoms with Crippen LogP contribution in [0.25, 0.3) is 10.9 Å². The van der Waals surface area contributed by atoms with Crippen molar-refractivity contribution >= 4 is 28.3 Å². The average Bonchev–Trinajstić information content (AvgIpc) is 2.92. The number of nitriles is 1. The van der Waals surface area contributed by atoms with Crippen LogP contribution in [0.5, 0.6) is 0 Å². The van der Waals surface area contributed by atoms with Crippen LogP contribution in [-0.4, -0.2) is 25.5 Å². The van der Waals surface area contributed by atoms with E-state index in [0.29, 0.717) is 15.9 Å². The van der Waals surface area contributed by atoms with Crippen molar-refractivity contribution in [1.29, 1.82) is 5.26 Å². The third-order valence-electron chi connectivity index (χ3n) is 3.49. The number of fused-ring (bicyclic) bond motifs is 1. The van der Waals surface area contributed by atoms with Crippen molar-refractivity contribution in [2.45, 2.75) is 19.4 Å². The lowest BCUT2D eigenvalue weighted by Gasteiger charge is -2.09. The van der Waals surface area contributed by atoms with E-state index in [4.69, 9.17) is 11.6 Å². The van der Waals surface area contributed by atoms with Crippen molar-refractivity contribution in [2.75, 3.05) is 0 Å². The zero-order chi connectivity index (χ0) is 17.3. The molecule has 2 aromatic heterocycles. The third kappa shape index (κ3) is 3.05. The fraction of sp³-hybridized carbons (Fsp3) is 0.188. The molecule has 1 N–H and O–H groups in total. The Balaban J connectivity index is 1.98. The minimum absolute atomic E-state index is 0.00569. The van der Waals surface area contributed by atoms with Gasteiger partial charge >= 0.3 is 0 Å². The maximum atomic E-state index is 12.4. The molecule has 3 aromatic rings. The van der Waals surface area contributed by atoms with Crippen LogP contribution in [0.3, 0.4) is 0 Å². The Labute approximate surface area is 141 Å². The summed E-state index contributed by atoms with van der Waals surface area (Å²) in [6, 6.07) is 6.54. The number of nitrogens with zero attached hydrogens (tertiary/aromatic N) is 4. The molecule has 0 spiro atoms. The van der Waals surface area contributed by atoms with E-state index in [1.165, 1.54) is 10.7 Å². The summed E-state index contributed by atoms with van der Waals surface area (Å²) in [6.45, 7) is 1.77. The summed E-state index contributed by atoms with van der Waals surface area (Å²) in [6.07, 6.45) is 3.31. The number of benzene rings is 1. The summed E-state index contributed by atoms with van der Waals surface area (Å²) in [5, 5.41) is 14.1. The molecule has 1 aromatic carbocycles. The molecule has 0 radical (unpaired) electrons. The Kier molecular flexibility index (Phi) is 4.15. The molecule has 1 unspecified atom stereocenters. The van der Waals surface area contributed by atoms with Crippen LogP contribution in [0.15, 0.2) is 35.4 Å². The van der Waals surface area contributed by atoms with E-state index in [2.05, 4.69) is 15.1 Å². The van der Waals surface area contributed by atoms with E-state index in [0.717, 1.165) is 5.56 Å². The molecule has 24 heavy (non-hydrogen) atoms. The fourth-order valence-corrected chi connectivity index (χ4v) is 2.52. The first-order chi connectivity index (χ1) is 11.5. The number of H-pyrrole nitrogens is 1. The van der Waals surface area contributed by atoms with Crippen molar-refractivity contribution in [3.8, 4) is 6.07 Å². The quantitative estimate of drug-likeness (QED) is 0.781. The normalized spacial score (nSPS) is 12.0. The number of ketones is 1. The molecule has 120 valence electrons. The predicted molar refractivity (Wildman–Crippen MR) is 87.7 cm³/mol. The SMILES string of the molecule is Cc1cnn(CC(=O)C(C#N)c2nc3cc(Cl)ccc3c(=O)[nH]2)c1. The number of hydrogen-bond acceptors (Lipinski definition) is 5. The van der Waals surface area contributed by atoms with Crippen LogP contribution in [0.1, 0.15) is 17.3 Å². The molecule has 0 fully saturated rings. The highest BCUT2D eigenvalue weighted by atomic mass is 35.5. The summed E-state index contributed by atoms with van der Waals surface area (Å²) in [5.41, 5.74) is 0.821. The van der Waals surface area contributed by atoms with Crippen molar-refractivity contribution < 1.29 is 4.79 Å². The number of rotatable bonds is 4. The van der Waals surface area contributed by atoms with Gasteiger partial charge in [-0.3, -0.25) is 14.3 Å². The molecule has 0 bridgehead atoms. The second kappa shape index (κ2) is 6.26. The zero-order valence-corrected chi connectivity index (χ0v) is 13.4. The second-order valence-electron chi connectivity index (χ2n) is 5.36. The fourth-order valence-electron chi connectivity index (χ4n) is 2.36. The van der Waals surface area contributed by atoms with Gasteiger partial charge in [-0.05, 0) is 30.7 Å². The number of nitrogens with one attached hydrogen (secondary N) is 1. The minimum Gasteiger partial charge on any atom is -0.308 e. The maximum absolute atomic E-state index is 12.4. The van der Waals surface area contributed by atoms with Crippen LogP contribution < -0.4 is 5.56 Å². The van der Waals surface area contributed by atoms with Gasteiger partial charge in [-0.25, -0.2) is 4.98 Å². The largest absolute Gasteiger partial charge is 0.308 e. The van der Waals surface area contributed by atoms with Gasteiger partial charge in [0.25, 0.3) is 5.56 Å². The van der Waals surface area contributed by atoms with Crippen LogP contribution in [0.4, 0.5) is 0 Å². The molecule has 0 aliphatic carbocycles. The van der Waals surface area contributed by atoms with E-state index in [9.17, 15) is 14.9 Å². The predicted octanol–water partition coefficient (Wildman–Crippen LogP) is 1.96. The molecule has 0 saturated heterocycles. The minimum atomic E-state index is -1.19. The van der Waals surface area contributed by atoms with E-state index in [1.54, 1.807) is 24.5 Å². The van der Waals surface area contributed by atoms with Crippen LogP contribution in [0.2, 0.25) is 5.02 Å². The number of halogens is 1. The molecule has 0 aliphatic heterocycles. The van der Waals surface area contributed by atoms with Gasteiger partial charge in [-0.15, -0.1) is 0 Å². The van der Waals surface area contributed by atoms with E-state index < -0.39 is 17.3 Å². The number of aryl methyl sites for hydroxylation is 1. The number of Topliss-reactive ketones (excluding diaryl/α,β-unsaturated/α-hetero) is 1. The summed E-state index contributed by atoms with van der Waals surface area (Å²) in [4.78, 5) is 31.3. The van der Waals surface area contributed by atoms with Crippen molar-refractivity contribution in [3.63, 3.8) is 0 Å². The van der Waals surface area contributed by atoms with Gasteiger partial charge in [-0.1, -0.05) is 11.6 Å². The Hall–Kier alpha value is -2.98. The van der Waals surface area contributed by atoms with Gasteiger partial charge in [0.1, 0.15) is 12.4 Å². The highest BCUT2D eigenvalue weighted by Gasteiger charge is 2.24. The van der Waals surface area contributed by atoms with Gasteiger partial charge in [0.15, 0.2) is 11.7 Å². The molecule has 1 atom stereocenters. The average molecular weight is 342 g/mol. The number of carbonyl (C=O) groups is 1. The number of aromatic amines is 1. The highest BCUT2D eigenvalue weighted by molar-refractivity contribution is 6.31. The molecule has 2 heterocycles. The Morgan fingerprint density at radius 2 is 2.29 bits per heavy atom. The summed E-state index contributed by atoms with van der Waals surface area (Å²) < 4.78 is 1.44. The molecule has 8 heteroatoms. The highest BCUT2D eigenvalue weighted by Crippen LogP contribution is 2.18. The first-order valence-electron chi connectivity index (χ1n) is 7.09. The van der Waals surface area contributed by atoms with Crippen molar-refractivity contribution in [2.24, 2.45) is 0 Å². The van der Waals surface area contributed by atoms with Gasteiger partial charge in [0, 0.05) is 11.2 Å². The second-order valence-corrected chi connectivity index (χ2v) is 5.79. The Morgan fingerprint density at radius 1 is 1.50 bits per heavy atom. The number of carbonyl (C=O) groups excluding carboxylic acids is 1. The molecule has 7 nitrogen and oxygen atoms in total. The van der Waals surface area contributed by atoms with E-state index in [1.807, 2.05) is 13.0 Å². The standard InChI is InChI=1S/C16H12ClN5O2/c1-9-6-19-22(7-9)8-14(23)12(5-18)15-20-13-4-10(17)2-3-11(13)16(24)21-15/h2-4,6-7,12H,8H2,1H3,(H,20,21,24). The molecule has 0 amide bonds. The van der Waals surface area contributed by atoms with Crippen molar-refractivity contribution in [3.05, 3.63) is 57.4 Å². The first kappa shape index (κ1) is 15.9. The van der Waals surface area contributed by atoms with Crippen LogP contribution in [0, 0.1) is 18.3 Å². The zero-order valence-electron chi connectivity index (χ0n) is 12.7. The molecular formula is C16H12ClN5O2. The molecular weight excluding hydrogens is 330 g/mol. The Bertz CT molecular complexity index is 1030. The maximum Gasteiger partial charge on any atom is 0.258 e. The smallest absolute Gasteiger partial charge is 0.258 e. The van der Waals surface area contributed by atoms with Gasteiger partial charge in [0.2, 0.25) is 0 Å². The van der Waals surface area contributed by atoms with Crippen molar-refractivity contribution in [1.82, 2.24) is 19.7 Å². The lowest BCUT2D eigenvalue weighted by molar-refractivity contribution is -0.120. The molecule has 0 saturated carbocycles. The first-order valence-corrected chi connectivity index (χ1v) is 7.46. The Morgan fingerprint density at radius 3 is 2.96 bits per heavy atom. The topological polar surface area (TPSA) is 104 Å². The monoisotopic (exact) mass is 341 g/mol. The van der Waals surface area contributed by atoms with Crippen LogP contribution in [-0.2, 0) is 11.3 Å². The van der Waals surface area contributed by atoms with Crippen LogP contribution >= 0.6 is 11.6 Å². The third-order valence-corrected chi connectivity index (χ3v) is 3.73. The van der Waals surface area contributed by atoms with Gasteiger partial charge < -0.3 is 4.98 Å². The lowest BCUT2D eigenvalue weighted by atomic mass is 10.0.